The molecule has 0 aliphatic rings. The molecule has 4 rings (SSSR count). The van der Waals surface area contributed by atoms with Gasteiger partial charge in [-0.15, -0.1) is 0 Å². The molecule has 2 heterocycles. The van der Waals surface area contributed by atoms with Gasteiger partial charge in [0.25, 0.3) is 11.5 Å². The Morgan fingerprint density at radius 1 is 1.09 bits per heavy atom. The van der Waals surface area contributed by atoms with Gasteiger partial charge in [-0.1, -0.05) is 11.6 Å². The Bertz CT molecular complexity index is 1520. The van der Waals surface area contributed by atoms with Crippen molar-refractivity contribution in [1.82, 2.24) is 14.1 Å². The number of rotatable bonds is 5. The maximum atomic E-state index is 12.5. The standard InChI is InChI=1S/C23H18ClN5O4/c1-28-21-18(24)19(27-20(21)22(31)29(2)23(28)32)14-5-9-16(10-6-14)33-12-17(30)26-15-7-3-13(11-25)4-8-15/h3-10,27H,12H2,1-2H3,(H,26,30). The molecule has 0 atom stereocenters. The van der Waals surface area contributed by atoms with Crippen molar-refractivity contribution >= 4 is 34.2 Å². The molecule has 1 amide bonds. The van der Waals surface area contributed by atoms with E-state index in [4.69, 9.17) is 21.6 Å². The van der Waals surface area contributed by atoms with E-state index < -0.39 is 11.2 Å². The summed E-state index contributed by atoms with van der Waals surface area (Å²) < 4.78 is 7.86. The molecule has 2 N–H and O–H groups in total. The van der Waals surface area contributed by atoms with Crippen molar-refractivity contribution in [3.63, 3.8) is 0 Å². The maximum absolute atomic E-state index is 12.5. The summed E-state index contributed by atoms with van der Waals surface area (Å²) in [5, 5.41) is 11.8. The quantitative estimate of drug-likeness (QED) is 0.471. The number of anilines is 1. The van der Waals surface area contributed by atoms with E-state index in [0.717, 1.165) is 4.57 Å². The van der Waals surface area contributed by atoms with Crippen molar-refractivity contribution in [2.75, 3.05) is 11.9 Å². The topological polar surface area (TPSA) is 122 Å². The number of carbonyl (C=O) groups excluding carboxylic acids is 1. The van der Waals surface area contributed by atoms with Gasteiger partial charge in [-0.2, -0.15) is 5.26 Å². The summed E-state index contributed by atoms with van der Waals surface area (Å²) in [4.78, 5) is 39.8. The molecule has 0 spiro atoms. The number of carbonyl (C=O) groups is 1. The van der Waals surface area contributed by atoms with Gasteiger partial charge in [-0.25, -0.2) is 4.79 Å². The van der Waals surface area contributed by atoms with Gasteiger partial charge >= 0.3 is 5.69 Å². The van der Waals surface area contributed by atoms with Gasteiger partial charge in [0.2, 0.25) is 0 Å². The van der Waals surface area contributed by atoms with Crippen LogP contribution < -0.4 is 21.3 Å². The van der Waals surface area contributed by atoms with Crippen LogP contribution in [0.3, 0.4) is 0 Å². The molecule has 0 fully saturated rings. The zero-order valence-electron chi connectivity index (χ0n) is 17.7. The average Bonchev–Trinajstić information content (AvgIpc) is 3.18. The van der Waals surface area contributed by atoms with Gasteiger partial charge < -0.3 is 15.0 Å². The molecule has 2 aromatic carbocycles. The van der Waals surface area contributed by atoms with E-state index in [1.807, 2.05) is 6.07 Å². The second-order valence-corrected chi connectivity index (χ2v) is 7.67. The van der Waals surface area contributed by atoms with E-state index in [1.165, 1.54) is 11.6 Å². The van der Waals surface area contributed by atoms with Crippen LogP contribution in [0.15, 0.2) is 58.1 Å². The summed E-state index contributed by atoms with van der Waals surface area (Å²) in [6, 6.07) is 15.3. The lowest BCUT2D eigenvalue weighted by atomic mass is 10.1. The molecule has 166 valence electrons. The minimum absolute atomic E-state index is 0.204. The molecule has 33 heavy (non-hydrogen) atoms. The van der Waals surface area contributed by atoms with E-state index in [9.17, 15) is 14.4 Å². The Hall–Kier alpha value is -4.29. The average molecular weight is 464 g/mol. The largest absolute Gasteiger partial charge is 0.484 e. The Labute approximate surface area is 192 Å². The fourth-order valence-electron chi connectivity index (χ4n) is 3.40. The highest BCUT2D eigenvalue weighted by Gasteiger charge is 2.18. The van der Waals surface area contributed by atoms with Crippen molar-refractivity contribution in [3.05, 3.63) is 80.0 Å². The first-order valence-corrected chi connectivity index (χ1v) is 10.2. The van der Waals surface area contributed by atoms with Crippen LogP contribution in [0.1, 0.15) is 5.56 Å². The van der Waals surface area contributed by atoms with E-state index in [2.05, 4.69) is 10.3 Å². The smallest absolute Gasteiger partial charge is 0.331 e. The van der Waals surface area contributed by atoms with E-state index in [1.54, 1.807) is 55.6 Å². The summed E-state index contributed by atoms with van der Waals surface area (Å²) in [6.45, 7) is -0.204. The number of hydrogen-bond acceptors (Lipinski definition) is 5. The Balaban J connectivity index is 1.49. The zero-order chi connectivity index (χ0) is 23.7. The van der Waals surface area contributed by atoms with Gasteiger partial charge in [0.15, 0.2) is 6.61 Å². The number of nitrogens with zero attached hydrogens (tertiary/aromatic N) is 3. The summed E-state index contributed by atoms with van der Waals surface area (Å²) in [6.07, 6.45) is 0. The van der Waals surface area contributed by atoms with Gasteiger partial charge in [0.1, 0.15) is 11.3 Å². The second-order valence-electron chi connectivity index (χ2n) is 7.29. The van der Waals surface area contributed by atoms with Crippen LogP contribution in [-0.4, -0.2) is 26.6 Å². The maximum Gasteiger partial charge on any atom is 0.331 e. The molecule has 0 aliphatic heterocycles. The molecule has 0 bridgehead atoms. The number of nitriles is 1. The Morgan fingerprint density at radius 3 is 2.39 bits per heavy atom. The predicted molar refractivity (Wildman–Crippen MR) is 125 cm³/mol. The normalized spacial score (nSPS) is 10.7. The number of benzene rings is 2. The number of ether oxygens (including phenoxy) is 1. The number of aryl methyl sites for hydroxylation is 1. The molecule has 0 saturated heterocycles. The highest BCUT2D eigenvalue weighted by molar-refractivity contribution is 6.38. The highest BCUT2D eigenvalue weighted by Crippen LogP contribution is 2.33. The van der Waals surface area contributed by atoms with Gasteiger partial charge in [0.05, 0.1) is 27.9 Å². The van der Waals surface area contributed by atoms with E-state index in [0.29, 0.717) is 33.8 Å². The minimum Gasteiger partial charge on any atom is -0.484 e. The lowest BCUT2D eigenvalue weighted by Crippen LogP contribution is -2.36. The van der Waals surface area contributed by atoms with Crippen LogP contribution in [0.25, 0.3) is 22.3 Å². The molecule has 0 saturated carbocycles. The SMILES string of the molecule is Cn1c(=O)c2[nH]c(-c3ccc(OCC(=O)Nc4ccc(C#N)cc4)cc3)c(Cl)c2n(C)c1=O. The van der Waals surface area contributed by atoms with Gasteiger partial charge in [0, 0.05) is 19.8 Å². The van der Waals surface area contributed by atoms with Crippen LogP contribution in [0, 0.1) is 11.3 Å². The molecule has 9 nitrogen and oxygen atoms in total. The number of nitrogens with one attached hydrogen (secondary N) is 2. The lowest BCUT2D eigenvalue weighted by molar-refractivity contribution is -0.118. The zero-order valence-corrected chi connectivity index (χ0v) is 18.4. The third-order valence-corrected chi connectivity index (χ3v) is 5.52. The summed E-state index contributed by atoms with van der Waals surface area (Å²) >= 11 is 6.49. The Kier molecular flexibility index (Phi) is 5.77. The Morgan fingerprint density at radius 2 is 1.76 bits per heavy atom. The number of hydrogen-bond donors (Lipinski definition) is 2. The van der Waals surface area contributed by atoms with Crippen LogP contribution in [0.2, 0.25) is 5.02 Å². The van der Waals surface area contributed by atoms with Crippen LogP contribution in [0.5, 0.6) is 5.75 Å². The first-order chi connectivity index (χ1) is 15.8. The van der Waals surface area contributed by atoms with Crippen LogP contribution in [0.4, 0.5) is 5.69 Å². The second kappa shape index (κ2) is 8.68. The van der Waals surface area contributed by atoms with Crippen LogP contribution in [-0.2, 0) is 18.9 Å². The van der Waals surface area contributed by atoms with Crippen molar-refractivity contribution in [3.8, 4) is 23.1 Å². The van der Waals surface area contributed by atoms with Crippen molar-refractivity contribution in [2.45, 2.75) is 0 Å². The molecule has 0 aliphatic carbocycles. The lowest BCUT2D eigenvalue weighted by Gasteiger charge is -2.08. The molecule has 0 unspecified atom stereocenters. The summed E-state index contributed by atoms with van der Waals surface area (Å²) in [5.74, 6) is 0.114. The number of fused-ring (bicyclic) bond motifs is 1. The predicted octanol–water partition coefficient (Wildman–Crippen LogP) is 2.77. The number of H-pyrrole nitrogens is 1. The fraction of sp³-hybridized carbons (Fsp3) is 0.130. The van der Waals surface area contributed by atoms with Gasteiger partial charge in [-0.05, 0) is 54.1 Å². The van der Waals surface area contributed by atoms with Crippen LogP contribution >= 0.6 is 11.6 Å². The molecule has 10 heteroatoms. The van der Waals surface area contributed by atoms with Crippen molar-refractivity contribution in [1.29, 1.82) is 5.26 Å². The summed E-state index contributed by atoms with van der Waals surface area (Å²) in [5.41, 5.74) is 1.88. The number of amides is 1. The van der Waals surface area contributed by atoms with E-state index >= 15 is 0 Å². The number of aromatic amines is 1. The highest BCUT2D eigenvalue weighted by atomic mass is 35.5. The monoisotopic (exact) mass is 463 g/mol. The third-order valence-electron chi connectivity index (χ3n) is 5.15. The number of aromatic nitrogens is 3. The van der Waals surface area contributed by atoms with Gasteiger partial charge in [-0.3, -0.25) is 18.7 Å². The number of halogens is 1. The molecule has 2 aromatic heterocycles. The first-order valence-electron chi connectivity index (χ1n) is 9.80. The van der Waals surface area contributed by atoms with Crippen molar-refractivity contribution in [2.24, 2.45) is 14.1 Å². The molecule has 4 aromatic rings. The molecule has 0 radical (unpaired) electrons. The minimum atomic E-state index is -0.469. The third kappa shape index (κ3) is 4.12. The van der Waals surface area contributed by atoms with Crippen molar-refractivity contribution < 1.29 is 9.53 Å². The molecular formula is C23H18ClN5O4. The summed E-state index contributed by atoms with van der Waals surface area (Å²) in [7, 11) is 2.95. The fourth-order valence-corrected chi connectivity index (χ4v) is 3.78. The first kappa shape index (κ1) is 21.9. The van der Waals surface area contributed by atoms with E-state index in [-0.39, 0.29) is 23.1 Å². The molecular weight excluding hydrogens is 446 g/mol.